The summed E-state index contributed by atoms with van der Waals surface area (Å²) in [5.41, 5.74) is 1.06. The van der Waals surface area contributed by atoms with Crippen molar-refractivity contribution in [2.75, 3.05) is 20.2 Å². The van der Waals surface area contributed by atoms with Crippen LogP contribution in [0.4, 0.5) is 0 Å². The van der Waals surface area contributed by atoms with Gasteiger partial charge in [0.15, 0.2) is 0 Å². The topological polar surface area (TPSA) is 47.6 Å². The number of benzene rings is 1. The van der Waals surface area contributed by atoms with E-state index in [0.717, 1.165) is 35.7 Å². The lowest BCUT2D eigenvalue weighted by molar-refractivity contribution is -0.138. The van der Waals surface area contributed by atoms with Gasteiger partial charge in [-0.1, -0.05) is 15.9 Å². The normalized spacial score (nSPS) is 15.3. The molecule has 1 aliphatic rings. The molecule has 1 saturated heterocycles. The Morgan fingerprint density at radius 3 is 2.39 bits per heavy atom. The number of carbonyl (C=O) groups excluding carboxylic acids is 1. The number of hydrogen-bond donors (Lipinski definition) is 1. The quantitative estimate of drug-likeness (QED) is 0.796. The van der Waals surface area contributed by atoms with Gasteiger partial charge in [0.1, 0.15) is 11.4 Å². The highest BCUT2D eigenvalue weighted by Gasteiger charge is 2.14. The predicted molar refractivity (Wildman–Crippen MR) is 96.9 cm³/mol. The number of hydrogen-bond acceptors (Lipinski definition) is 4. The van der Waals surface area contributed by atoms with Crippen LogP contribution in [-0.4, -0.2) is 32.3 Å². The molecule has 4 nitrogen and oxygen atoms in total. The summed E-state index contributed by atoms with van der Waals surface area (Å²) in [5, 5.41) is 3.40. The van der Waals surface area contributed by atoms with Gasteiger partial charge in [-0.3, -0.25) is 4.79 Å². The molecule has 0 aromatic heterocycles. The summed E-state index contributed by atoms with van der Waals surface area (Å²) < 4.78 is 10.9. The Morgan fingerprint density at radius 1 is 1.26 bits per heavy atom. The first kappa shape index (κ1) is 20.0. The van der Waals surface area contributed by atoms with E-state index >= 15 is 0 Å². The zero-order valence-corrected chi connectivity index (χ0v) is 16.1. The van der Waals surface area contributed by atoms with Crippen molar-refractivity contribution in [2.45, 2.75) is 45.6 Å². The summed E-state index contributed by atoms with van der Waals surface area (Å²) in [4.78, 5) is 9.60. The third-order valence-electron chi connectivity index (χ3n) is 3.55. The molecule has 0 radical (unpaired) electrons. The van der Waals surface area contributed by atoms with Gasteiger partial charge in [0.2, 0.25) is 0 Å². The largest absolute Gasteiger partial charge is 0.497 e. The van der Waals surface area contributed by atoms with E-state index in [0.29, 0.717) is 6.47 Å². The highest BCUT2D eigenvalue weighted by molar-refractivity contribution is 9.10. The minimum Gasteiger partial charge on any atom is -0.497 e. The average Bonchev–Trinajstić information content (AvgIpc) is 2.47. The molecule has 0 bridgehead atoms. The van der Waals surface area contributed by atoms with Crippen molar-refractivity contribution >= 4 is 22.4 Å². The first-order valence-corrected chi connectivity index (χ1v) is 8.79. The molecular formula is C18H28BrNO3. The molecule has 1 heterocycles. The fourth-order valence-electron chi connectivity index (χ4n) is 2.42. The van der Waals surface area contributed by atoms with Crippen LogP contribution < -0.4 is 10.1 Å². The Balaban J connectivity index is 0.000000322. The summed E-state index contributed by atoms with van der Waals surface area (Å²) in [7, 11) is 1.72. The molecule has 5 heteroatoms. The van der Waals surface area contributed by atoms with Gasteiger partial charge >= 0.3 is 0 Å². The molecule has 23 heavy (non-hydrogen) atoms. The molecule has 1 aliphatic heterocycles. The lowest BCUT2D eigenvalue weighted by atomic mass is 9.91. The van der Waals surface area contributed by atoms with Gasteiger partial charge in [0.25, 0.3) is 6.47 Å². The van der Waals surface area contributed by atoms with E-state index in [1.807, 2.05) is 26.8 Å². The van der Waals surface area contributed by atoms with Crippen molar-refractivity contribution < 1.29 is 14.3 Å². The molecule has 0 amide bonds. The summed E-state index contributed by atoms with van der Waals surface area (Å²) in [6, 6.07) is 6.35. The van der Waals surface area contributed by atoms with Crippen LogP contribution in [0.5, 0.6) is 5.75 Å². The molecule has 0 unspecified atom stereocenters. The minimum absolute atomic E-state index is 0.318. The third kappa shape index (κ3) is 8.96. The van der Waals surface area contributed by atoms with Gasteiger partial charge in [-0.15, -0.1) is 0 Å². The van der Waals surface area contributed by atoms with Gasteiger partial charge in [-0.25, -0.2) is 0 Å². The fraction of sp³-hybridized carbons (Fsp3) is 0.611. The SMILES string of the molecule is CC(C)(C)OC=O.COc1cc(Br)cc(CC2CCNCC2)c1. The molecule has 2 rings (SSSR count). The van der Waals surface area contributed by atoms with Crippen LogP contribution in [0.1, 0.15) is 39.2 Å². The number of carbonyl (C=O) groups is 1. The standard InChI is InChI=1S/C13H18BrNO.C5H10O2/c1-16-13-8-11(7-12(14)9-13)6-10-2-4-15-5-3-10;1-5(2,3)7-4-6/h7-10,15H,2-6H2,1H3;4H,1-3H3. The Hall–Kier alpha value is -1.07. The maximum absolute atomic E-state index is 9.60. The van der Waals surface area contributed by atoms with Gasteiger partial charge < -0.3 is 14.8 Å². The molecule has 1 N–H and O–H groups in total. The van der Waals surface area contributed by atoms with E-state index in [1.54, 1.807) is 7.11 Å². The Labute approximate surface area is 148 Å². The molecule has 0 saturated carbocycles. The van der Waals surface area contributed by atoms with Gasteiger partial charge in [-0.05, 0) is 82.8 Å². The first-order chi connectivity index (χ1) is 10.8. The number of rotatable bonds is 4. The summed E-state index contributed by atoms with van der Waals surface area (Å²) in [6.45, 7) is 8.25. The highest BCUT2D eigenvalue weighted by atomic mass is 79.9. The Bertz CT molecular complexity index is 480. The smallest absolute Gasteiger partial charge is 0.293 e. The van der Waals surface area contributed by atoms with Crippen LogP contribution in [-0.2, 0) is 16.0 Å². The Kier molecular flexibility index (Phi) is 8.63. The zero-order valence-electron chi connectivity index (χ0n) is 14.5. The molecular weight excluding hydrogens is 358 g/mol. The van der Waals surface area contributed by atoms with Crippen LogP contribution in [0.25, 0.3) is 0 Å². The van der Waals surface area contributed by atoms with E-state index in [9.17, 15) is 4.79 Å². The molecule has 130 valence electrons. The summed E-state index contributed by atoms with van der Waals surface area (Å²) >= 11 is 3.53. The highest BCUT2D eigenvalue weighted by Crippen LogP contribution is 2.25. The summed E-state index contributed by atoms with van der Waals surface area (Å²) in [5.74, 6) is 1.76. The molecule has 0 aliphatic carbocycles. The zero-order chi connectivity index (χ0) is 17.3. The first-order valence-electron chi connectivity index (χ1n) is 7.99. The van der Waals surface area contributed by atoms with Crippen LogP contribution in [0.15, 0.2) is 22.7 Å². The van der Waals surface area contributed by atoms with Crippen molar-refractivity contribution in [3.8, 4) is 5.75 Å². The minimum atomic E-state index is -0.318. The lowest BCUT2D eigenvalue weighted by Crippen LogP contribution is -2.28. The molecule has 1 fully saturated rings. The van der Waals surface area contributed by atoms with Crippen molar-refractivity contribution in [1.82, 2.24) is 5.32 Å². The van der Waals surface area contributed by atoms with Crippen molar-refractivity contribution in [1.29, 1.82) is 0 Å². The summed E-state index contributed by atoms with van der Waals surface area (Å²) in [6.07, 6.45) is 3.74. The number of ether oxygens (including phenoxy) is 2. The molecule has 0 atom stereocenters. The number of piperidine rings is 1. The lowest BCUT2D eigenvalue weighted by Gasteiger charge is -2.22. The number of nitrogens with one attached hydrogen (secondary N) is 1. The Morgan fingerprint density at radius 2 is 1.91 bits per heavy atom. The second-order valence-electron chi connectivity index (χ2n) is 6.72. The van der Waals surface area contributed by atoms with Crippen LogP contribution in [0.3, 0.4) is 0 Å². The van der Waals surface area contributed by atoms with Crippen molar-refractivity contribution in [2.24, 2.45) is 5.92 Å². The van der Waals surface area contributed by atoms with E-state index in [-0.39, 0.29) is 5.60 Å². The van der Waals surface area contributed by atoms with Crippen molar-refractivity contribution in [3.05, 3.63) is 28.2 Å². The predicted octanol–water partition coefficient (Wildman–Crippen LogP) is 3.96. The maximum Gasteiger partial charge on any atom is 0.293 e. The number of methoxy groups -OCH3 is 1. The monoisotopic (exact) mass is 385 g/mol. The fourth-order valence-corrected chi connectivity index (χ4v) is 2.94. The molecule has 1 aromatic rings. The van der Waals surface area contributed by atoms with Crippen LogP contribution >= 0.6 is 15.9 Å². The third-order valence-corrected chi connectivity index (χ3v) is 4.01. The average molecular weight is 386 g/mol. The molecule has 0 spiro atoms. The van der Waals surface area contributed by atoms with E-state index in [4.69, 9.17) is 4.74 Å². The van der Waals surface area contributed by atoms with Crippen LogP contribution in [0.2, 0.25) is 0 Å². The number of halogens is 1. The van der Waals surface area contributed by atoms with Crippen molar-refractivity contribution in [3.63, 3.8) is 0 Å². The second kappa shape index (κ2) is 9.93. The van der Waals surface area contributed by atoms with E-state index in [1.165, 1.54) is 18.4 Å². The van der Waals surface area contributed by atoms with Gasteiger partial charge in [-0.2, -0.15) is 0 Å². The van der Waals surface area contributed by atoms with Gasteiger partial charge in [0, 0.05) is 4.47 Å². The van der Waals surface area contributed by atoms with Crippen LogP contribution in [0, 0.1) is 5.92 Å². The maximum atomic E-state index is 9.60. The molecule has 1 aromatic carbocycles. The second-order valence-corrected chi connectivity index (χ2v) is 7.64. The van der Waals surface area contributed by atoms with E-state index in [2.05, 4.69) is 38.1 Å². The van der Waals surface area contributed by atoms with E-state index < -0.39 is 0 Å². The van der Waals surface area contributed by atoms with Gasteiger partial charge in [0.05, 0.1) is 7.11 Å².